The second kappa shape index (κ2) is 6.83. The molecule has 2 N–H and O–H groups in total. The number of nitrogens with zero attached hydrogens (tertiary/aromatic N) is 4. The molecule has 7 nitrogen and oxygen atoms in total. The summed E-state index contributed by atoms with van der Waals surface area (Å²) in [4.78, 5) is 16.5. The van der Waals surface area contributed by atoms with Gasteiger partial charge in [-0.2, -0.15) is 5.21 Å². The van der Waals surface area contributed by atoms with Crippen LogP contribution in [0.1, 0.15) is 52.1 Å². The fourth-order valence-electron chi connectivity index (χ4n) is 2.48. The van der Waals surface area contributed by atoms with Crippen LogP contribution in [0.2, 0.25) is 0 Å². The Morgan fingerprint density at radius 1 is 1.32 bits per heavy atom. The van der Waals surface area contributed by atoms with Crippen molar-refractivity contribution in [2.75, 3.05) is 5.32 Å². The van der Waals surface area contributed by atoms with Crippen LogP contribution in [0, 0.1) is 11.8 Å². The van der Waals surface area contributed by atoms with Gasteiger partial charge in [-0.15, -0.1) is 21.5 Å². The summed E-state index contributed by atoms with van der Waals surface area (Å²) in [5.74, 6) is 6.37. The van der Waals surface area contributed by atoms with E-state index in [9.17, 15) is 4.79 Å². The molecule has 4 rings (SSSR count). The Kier molecular flexibility index (Phi) is 4.23. The van der Waals surface area contributed by atoms with Gasteiger partial charge in [0.2, 0.25) is 0 Å². The molecule has 0 spiro atoms. The van der Waals surface area contributed by atoms with Crippen molar-refractivity contribution < 1.29 is 4.79 Å². The van der Waals surface area contributed by atoms with Crippen molar-refractivity contribution in [1.82, 2.24) is 25.6 Å². The third-order valence-corrected chi connectivity index (χ3v) is 4.80. The Hall–Kier alpha value is -3.05. The highest BCUT2D eigenvalue weighted by atomic mass is 32.1. The zero-order valence-corrected chi connectivity index (χ0v) is 14.0. The summed E-state index contributed by atoms with van der Waals surface area (Å²) in [6, 6.07) is 7.29. The number of tetrazole rings is 1. The summed E-state index contributed by atoms with van der Waals surface area (Å²) < 4.78 is 0. The normalized spacial score (nSPS) is 13.6. The summed E-state index contributed by atoms with van der Waals surface area (Å²) in [7, 11) is 0. The highest BCUT2D eigenvalue weighted by Crippen LogP contribution is 2.36. The molecule has 2 heterocycles. The third kappa shape index (κ3) is 3.56. The maximum Gasteiger partial charge on any atom is 0.297 e. The fourth-order valence-corrected chi connectivity index (χ4v) is 3.23. The molecule has 25 heavy (non-hydrogen) atoms. The molecule has 1 aliphatic carbocycles. The minimum Gasteiger partial charge on any atom is -0.319 e. The third-order valence-electron chi connectivity index (χ3n) is 4.03. The number of benzene rings is 1. The molecule has 1 fully saturated rings. The van der Waals surface area contributed by atoms with Crippen molar-refractivity contribution in [1.29, 1.82) is 0 Å². The first-order chi connectivity index (χ1) is 12.3. The van der Waals surface area contributed by atoms with Gasteiger partial charge in [-0.3, -0.25) is 4.79 Å². The van der Waals surface area contributed by atoms with Gasteiger partial charge in [0.25, 0.3) is 11.7 Å². The predicted octanol–water partition coefficient (Wildman–Crippen LogP) is 2.58. The molecule has 1 aromatic carbocycles. The van der Waals surface area contributed by atoms with Gasteiger partial charge in [0.1, 0.15) is 0 Å². The Bertz CT molecular complexity index is 949. The van der Waals surface area contributed by atoms with E-state index in [2.05, 4.69) is 48.1 Å². The summed E-state index contributed by atoms with van der Waals surface area (Å²) >= 11 is 1.58. The van der Waals surface area contributed by atoms with Gasteiger partial charge in [0.15, 0.2) is 5.01 Å². The van der Waals surface area contributed by atoms with E-state index < -0.39 is 5.91 Å². The number of carbonyl (C=O) groups excluding carboxylic acids is 1. The van der Waals surface area contributed by atoms with E-state index in [-0.39, 0.29) is 5.82 Å². The average molecular weight is 350 g/mol. The van der Waals surface area contributed by atoms with E-state index >= 15 is 0 Å². The lowest BCUT2D eigenvalue weighted by atomic mass is 9.83. The quantitative estimate of drug-likeness (QED) is 0.708. The molecule has 0 saturated heterocycles. The van der Waals surface area contributed by atoms with Crippen LogP contribution in [0.15, 0.2) is 29.6 Å². The Morgan fingerprint density at radius 2 is 2.24 bits per heavy atom. The van der Waals surface area contributed by atoms with Crippen molar-refractivity contribution in [3.8, 4) is 11.8 Å². The number of aromatic amines is 1. The van der Waals surface area contributed by atoms with Gasteiger partial charge in [-0.05, 0) is 42.2 Å². The van der Waals surface area contributed by atoms with Crippen molar-refractivity contribution in [3.63, 3.8) is 0 Å². The monoisotopic (exact) mass is 350 g/mol. The zero-order chi connectivity index (χ0) is 17.1. The number of carbonyl (C=O) groups is 1. The first-order valence-electron chi connectivity index (χ1n) is 7.90. The number of hydrogen-bond donors (Lipinski definition) is 2. The van der Waals surface area contributed by atoms with Gasteiger partial charge in [0, 0.05) is 22.5 Å². The number of thiazole rings is 1. The maximum atomic E-state index is 11.9. The Morgan fingerprint density at radius 3 is 3.00 bits per heavy atom. The SMILES string of the molecule is O=C(Nc1cccc(C#Cc2nc(C3CCC3)cs2)c1)c1nn[nH]n1. The van der Waals surface area contributed by atoms with Crippen molar-refractivity contribution >= 4 is 22.9 Å². The molecule has 1 amide bonds. The molecule has 0 unspecified atom stereocenters. The zero-order valence-electron chi connectivity index (χ0n) is 13.2. The number of aromatic nitrogens is 5. The van der Waals surface area contributed by atoms with Gasteiger partial charge in [0.05, 0.1) is 5.69 Å². The maximum absolute atomic E-state index is 11.9. The van der Waals surface area contributed by atoms with Gasteiger partial charge in [-0.1, -0.05) is 18.4 Å². The van der Waals surface area contributed by atoms with Gasteiger partial charge in [-0.25, -0.2) is 4.98 Å². The number of nitrogens with one attached hydrogen (secondary N) is 2. The summed E-state index contributed by atoms with van der Waals surface area (Å²) in [5, 5.41) is 18.5. The van der Waals surface area contributed by atoms with E-state index in [0.29, 0.717) is 11.6 Å². The van der Waals surface area contributed by atoms with Crippen LogP contribution < -0.4 is 5.32 Å². The predicted molar refractivity (Wildman–Crippen MR) is 93.3 cm³/mol. The number of rotatable bonds is 3. The minimum atomic E-state index is -0.427. The van der Waals surface area contributed by atoms with Crippen molar-refractivity contribution in [3.05, 3.63) is 51.7 Å². The van der Waals surface area contributed by atoms with Crippen LogP contribution in [-0.4, -0.2) is 31.5 Å². The summed E-state index contributed by atoms with van der Waals surface area (Å²) in [6.07, 6.45) is 3.77. The standard InChI is InChI=1S/C17H14N6OS/c24-17(16-20-22-23-21-16)18-13-6-1-3-11(9-13)7-8-15-19-14(10-25-15)12-4-2-5-12/h1,3,6,9-10,12H,2,4-5H2,(H,18,24)(H,20,21,22,23). The number of H-pyrrole nitrogens is 1. The summed E-state index contributed by atoms with van der Waals surface area (Å²) in [6.45, 7) is 0. The van der Waals surface area contributed by atoms with Gasteiger partial charge >= 0.3 is 0 Å². The molecule has 0 aliphatic heterocycles. The topological polar surface area (TPSA) is 96.5 Å². The fraction of sp³-hybridized carbons (Fsp3) is 0.235. The van der Waals surface area contributed by atoms with E-state index in [1.54, 1.807) is 23.5 Å². The second-order valence-electron chi connectivity index (χ2n) is 5.73. The molecule has 3 aromatic rings. The molecule has 0 atom stereocenters. The highest BCUT2D eigenvalue weighted by Gasteiger charge is 2.21. The lowest BCUT2D eigenvalue weighted by Crippen LogP contribution is -2.13. The van der Waals surface area contributed by atoms with E-state index in [1.165, 1.54) is 25.0 Å². The molecule has 0 radical (unpaired) electrons. The average Bonchev–Trinajstić information content (AvgIpc) is 3.24. The lowest BCUT2D eigenvalue weighted by molar-refractivity contribution is 0.101. The highest BCUT2D eigenvalue weighted by molar-refractivity contribution is 7.10. The van der Waals surface area contributed by atoms with Gasteiger partial charge < -0.3 is 5.32 Å². The van der Waals surface area contributed by atoms with Crippen LogP contribution in [0.5, 0.6) is 0 Å². The Labute approximate surface area is 147 Å². The smallest absolute Gasteiger partial charge is 0.297 e. The number of amides is 1. The number of anilines is 1. The van der Waals surface area contributed by atoms with E-state index in [1.807, 2.05) is 12.1 Å². The molecule has 1 saturated carbocycles. The molecule has 0 bridgehead atoms. The van der Waals surface area contributed by atoms with E-state index in [0.717, 1.165) is 10.6 Å². The lowest BCUT2D eigenvalue weighted by Gasteiger charge is -2.22. The van der Waals surface area contributed by atoms with Crippen molar-refractivity contribution in [2.24, 2.45) is 0 Å². The molecule has 1 aliphatic rings. The van der Waals surface area contributed by atoms with Crippen LogP contribution in [0.3, 0.4) is 0 Å². The second-order valence-corrected chi connectivity index (χ2v) is 6.58. The molecular formula is C17H14N6OS. The van der Waals surface area contributed by atoms with Crippen molar-refractivity contribution in [2.45, 2.75) is 25.2 Å². The summed E-state index contributed by atoms with van der Waals surface area (Å²) in [5.41, 5.74) is 2.59. The van der Waals surface area contributed by atoms with E-state index in [4.69, 9.17) is 0 Å². The van der Waals surface area contributed by atoms with Crippen LogP contribution >= 0.6 is 11.3 Å². The Balaban J connectivity index is 1.46. The first-order valence-corrected chi connectivity index (χ1v) is 8.78. The van der Waals surface area contributed by atoms with Crippen LogP contribution in [0.25, 0.3) is 0 Å². The first kappa shape index (κ1) is 15.5. The van der Waals surface area contributed by atoms with Crippen LogP contribution in [0.4, 0.5) is 5.69 Å². The largest absolute Gasteiger partial charge is 0.319 e. The molecule has 2 aromatic heterocycles. The van der Waals surface area contributed by atoms with Crippen LogP contribution in [-0.2, 0) is 0 Å². The number of hydrogen-bond acceptors (Lipinski definition) is 6. The molecule has 8 heteroatoms. The molecule has 124 valence electrons. The molecular weight excluding hydrogens is 336 g/mol. The minimum absolute atomic E-state index is 0.0113.